The summed E-state index contributed by atoms with van der Waals surface area (Å²) in [4.78, 5) is 12.1. The van der Waals surface area contributed by atoms with E-state index in [-0.39, 0.29) is 11.7 Å². The molecule has 26 heavy (non-hydrogen) atoms. The van der Waals surface area contributed by atoms with Gasteiger partial charge in [0.15, 0.2) is 5.58 Å². The first-order valence-corrected chi connectivity index (χ1v) is 9.33. The van der Waals surface area contributed by atoms with E-state index >= 15 is 0 Å². The molecule has 4 rings (SSSR count). The Balaban J connectivity index is 1.54. The number of nitrogens with one attached hydrogen (secondary N) is 1. The zero-order valence-corrected chi connectivity index (χ0v) is 15.3. The van der Waals surface area contributed by atoms with E-state index in [9.17, 15) is 4.79 Å². The summed E-state index contributed by atoms with van der Waals surface area (Å²) in [6.07, 6.45) is 2.34. The largest absolute Gasteiger partial charge is 0.467 e. The quantitative estimate of drug-likeness (QED) is 0.524. The maximum absolute atomic E-state index is 12.1. The highest BCUT2D eigenvalue weighted by molar-refractivity contribution is 8.00. The van der Waals surface area contributed by atoms with Crippen LogP contribution < -0.4 is 5.32 Å². The number of aryl methyl sites for hydroxylation is 2. The number of carbonyl (C=O) groups excluding carboxylic acids is 1. The number of furan rings is 2. The van der Waals surface area contributed by atoms with Gasteiger partial charge in [-0.25, -0.2) is 0 Å². The number of thioether (sulfide) groups is 1. The Morgan fingerprint density at radius 3 is 2.96 bits per heavy atom. The number of hydrogen-bond acceptors (Lipinski definition) is 6. The minimum Gasteiger partial charge on any atom is -0.467 e. The number of carbonyl (C=O) groups is 1. The van der Waals surface area contributed by atoms with Crippen LogP contribution in [0.25, 0.3) is 16.6 Å². The fourth-order valence-electron chi connectivity index (χ4n) is 2.87. The van der Waals surface area contributed by atoms with Gasteiger partial charge in [-0.05, 0) is 19.1 Å². The zero-order chi connectivity index (χ0) is 18.1. The molecule has 134 valence electrons. The SMILES string of the molecule is CCc1nnc(SCC(=O)NCc2ccco2)c2cc3oc(C)cc3n12. The van der Waals surface area contributed by atoms with Crippen molar-refractivity contribution in [2.45, 2.75) is 31.8 Å². The van der Waals surface area contributed by atoms with Crippen LogP contribution in [-0.2, 0) is 17.8 Å². The minimum atomic E-state index is -0.0861. The normalized spacial score (nSPS) is 11.5. The van der Waals surface area contributed by atoms with E-state index in [1.54, 1.807) is 12.3 Å². The summed E-state index contributed by atoms with van der Waals surface area (Å²) in [5, 5.41) is 12.2. The molecule has 4 heterocycles. The Morgan fingerprint density at radius 1 is 1.31 bits per heavy atom. The van der Waals surface area contributed by atoms with Gasteiger partial charge in [-0.2, -0.15) is 0 Å². The molecule has 0 saturated heterocycles. The lowest BCUT2D eigenvalue weighted by Gasteiger charge is -2.07. The second-order valence-electron chi connectivity index (χ2n) is 5.89. The molecule has 8 heteroatoms. The maximum atomic E-state index is 12.1. The van der Waals surface area contributed by atoms with Gasteiger partial charge in [0, 0.05) is 18.6 Å². The van der Waals surface area contributed by atoms with Crippen LogP contribution in [0.3, 0.4) is 0 Å². The van der Waals surface area contributed by atoms with Crippen LogP contribution in [0.15, 0.2) is 44.4 Å². The van der Waals surface area contributed by atoms with Gasteiger partial charge in [0.1, 0.15) is 22.4 Å². The van der Waals surface area contributed by atoms with Crippen LogP contribution in [0.4, 0.5) is 0 Å². The molecule has 4 aromatic heterocycles. The molecule has 1 N–H and O–H groups in total. The summed E-state index contributed by atoms with van der Waals surface area (Å²) in [7, 11) is 0. The second kappa shape index (κ2) is 6.87. The van der Waals surface area contributed by atoms with Crippen molar-refractivity contribution < 1.29 is 13.6 Å². The molecule has 0 saturated carbocycles. The third-order valence-corrected chi connectivity index (χ3v) is 5.01. The van der Waals surface area contributed by atoms with Crippen LogP contribution in [0.5, 0.6) is 0 Å². The summed E-state index contributed by atoms with van der Waals surface area (Å²) in [6.45, 7) is 4.34. The van der Waals surface area contributed by atoms with Crippen LogP contribution in [0, 0.1) is 6.92 Å². The third-order valence-electron chi connectivity index (χ3n) is 4.04. The van der Waals surface area contributed by atoms with Gasteiger partial charge in [-0.1, -0.05) is 18.7 Å². The Kier molecular flexibility index (Phi) is 4.42. The molecule has 0 atom stereocenters. The molecule has 0 fully saturated rings. The minimum absolute atomic E-state index is 0.0861. The molecule has 0 radical (unpaired) electrons. The van der Waals surface area contributed by atoms with Gasteiger partial charge < -0.3 is 14.2 Å². The number of amides is 1. The van der Waals surface area contributed by atoms with Gasteiger partial charge >= 0.3 is 0 Å². The summed E-state index contributed by atoms with van der Waals surface area (Å²) < 4.78 is 13.0. The molecular weight excluding hydrogens is 352 g/mol. The molecule has 0 spiro atoms. The van der Waals surface area contributed by atoms with Gasteiger partial charge in [-0.3, -0.25) is 9.20 Å². The highest BCUT2D eigenvalue weighted by atomic mass is 32.2. The predicted molar refractivity (Wildman–Crippen MR) is 98.2 cm³/mol. The van der Waals surface area contributed by atoms with E-state index in [0.717, 1.165) is 40.4 Å². The van der Waals surface area contributed by atoms with Crippen LogP contribution in [0.1, 0.15) is 24.3 Å². The molecule has 1 amide bonds. The average Bonchev–Trinajstić information content (AvgIpc) is 3.34. The fourth-order valence-corrected chi connectivity index (χ4v) is 3.63. The lowest BCUT2D eigenvalue weighted by Crippen LogP contribution is -2.24. The lowest BCUT2D eigenvalue weighted by atomic mass is 10.4. The Morgan fingerprint density at radius 2 is 2.19 bits per heavy atom. The van der Waals surface area contributed by atoms with E-state index in [0.29, 0.717) is 11.6 Å². The first kappa shape index (κ1) is 16.7. The van der Waals surface area contributed by atoms with Crippen molar-refractivity contribution in [3.8, 4) is 0 Å². The maximum Gasteiger partial charge on any atom is 0.230 e. The lowest BCUT2D eigenvalue weighted by molar-refractivity contribution is -0.118. The van der Waals surface area contributed by atoms with E-state index in [4.69, 9.17) is 8.83 Å². The molecule has 0 aliphatic carbocycles. The number of aromatic nitrogens is 3. The fraction of sp³-hybridized carbons (Fsp3) is 0.278. The second-order valence-corrected chi connectivity index (χ2v) is 6.86. The number of hydrogen-bond donors (Lipinski definition) is 1. The summed E-state index contributed by atoms with van der Waals surface area (Å²) in [5.74, 6) is 2.61. The van der Waals surface area contributed by atoms with Crippen molar-refractivity contribution in [1.82, 2.24) is 19.9 Å². The molecule has 0 aliphatic rings. The van der Waals surface area contributed by atoms with Gasteiger partial charge in [-0.15, -0.1) is 10.2 Å². The van der Waals surface area contributed by atoms with Crippen molar-refractivity contribution in [3.63, 3.8) is 0 Å². The number of fused-ring (bicyclic) bond motifs is 3. The first-order chi connectivity index (χ1) is 12.7. The summed E-state index contributed by atoms with van der Waals surface area (Å²) in [5.41, 5.74) is 2.69. The summed E-state index contributed by atoms with van der Waals surface area (Å²) in [6, 6.07) is 7.57. The summed E-state index contributed by atoms with van der Waals surface area (Å²) >= 11 is 1.36. The van der Waals surface area contributed by atoms with E-state index < -0.39 is 0 Å². The molecule has 0 aromatic carbocycles. The highest BCUT2D eigenvalue weighted by Crippen LogP contribution is 2.30. The Bertz CT molecular complexity index is 1070. The predicted octanol–water partition coefficient (Wildman–Crippen LogP) is 3.35. The zero-order valence-electron chi connectivity index (χ0n) is 14.5. The molecular formula is C18H18N4O3S. The molecule has 0 aliphatic heterocycles. The average molecular weight is 370 g/mol. The van der Waals surface area contributed by atoms with Crippen molar-refractivity contribution in [2.24, 2.45) is 0 Å². The van der Waals surface area contributed by atoms with E-state index in [1.807, 2.05) is 32.0 Å². The van der Waals surface area contributed by atoms with Crippen molar-refractivity contribution in [3.05, 3.63) is 47.9 Å². The van der Waals surface area contributed by atoms with Crippen LogP contribution in [-0.4, -0.2) is 26.3 Å². The molecule has 0 unspecified atom stereocenters. The molecule has 7 nitrogen and oxygen atoms in total. The molecule has 0 bridgehead atoms. The van der Waals surface area contributed by atoms with Gasteiger partial charge in [0.05, 0.1) is 29.6 Å². The smallest absolute Gasteiger partial charge is 0.230 e. The van der Waals surface area contributed by atoms with Crippen LogP contribution >= 0.6 is 11.8 Å². The monoisotopic (exact) mass is 370 g/mol. The van der Waals surface area contributed by atoms with Crippen molar-refractivity contribution in [1.29, 1.82) is 0 Å². The Hall–Kier alpha value is -2.74. The third kappa shape index (κ3) is 3.08. The van der Waals surface area contributed by atoms with Crippen molar-refractivity contribution in [2.75, 3.05) is 5.75 Å². The van der Waals surface area contributed by atoms with E-state index in [2.05, 4.69) is 19.9 Å². The topological polar surface area (TPSA) is 85.6 Å². The number of rotatable bonds is 6. The van der Waals surface area contributed by atoms with Gasteiger partial charge in [0.2, 0.25) is 5.91 Å². The van der Waals surface area contributed by atoms with Gasteiger partial charge in [0.25, 0.3) is 0 Å². The Labute approximate surface area is 153 Å². The molecule has 4 aromatic rings. The number of nitrogens with zero attached hydrogens (tertiary/aromatic N) is 3. The van der Waals surface area contributed by atoms with E-state index in [1.165, 1.54) is 11.8 Å². The standard InChI is InChI=1S/C18H18N4O3S/c1-3-16-20-21-18(14-8-15-13(22(14)16)7-11(2)25-15)26-10-17(23)19-9-12-5-4-6-24-12/h4-8H,3,9-10H2,1-2H3,(H,19,23). The van der Waals surface area contributed by atoms with Crippen molar-refractivity contribution >= 4 is 34.3 Å². The first-order valence-electron chi connectivity index (χ1n) is 8.34. The van der Waals surface area contributed by atoms with Crippen LogP contribution in [0.2, 0.25) is 0 Å². The highest BCUT2D eigenvalue weighted by Gasteiger charge is 2.16.